The highest BCUT2D eigenvalue weighted by Gasteiger charge is 2.69. The van der Waals surface area contributed by atoms with Crippen LogP contribution in [-0.4, -0.2) is 29.8 Å². The highest BCUT2D eigenvalue weighted by molar-refractivity contribution is 6.18. The van der Waals surface area contributed by atoms with Crippen LogP contribution in [0.3, 0.4) is 0 Å². The second-order valence-electron chi connectivity index (χ2n) is 6.14. The van der Waals surface area contributed by atoms with Crippen molar-refractivity contribution >= 4 is 17.5 Å². The molecule has 1 aliphatic heterocycles. The number of rotatable bonds is 2. The van der Waals surface area contributed by atoms with E-state index in [-0.39, 0.29) is 16.7 Å². The van der Waals surface area contributed by atoms with Crippen LogP contribution in [0.2, 0.25) is 0 Å². The van der Waals surface area contributed by atoms with Gasteiger partial charge in [0.1, 0.15) is 0 Å². The zero-order valence-electron chi connectivity index (χ0n) is 10.0. The minimum Gasteiger partial charge on any atom is -0.342 e. The molecule has 0 N–H and O–H groups in total. The molecular weight excluding hydrogens is 210 g/mol. The van der Waals surface area contributed by atoms with E-state index in [1.807, 2.05) is 4.90 Å². The van der Waals surface area contributed by atoms with Gasteiger partial charge in [-0.15, -0.1) is 11.6 Å². The number of likely N-dealkylation sites (tertiary alicyclic amines) is 1. The van der Waals surface area contributed by atoms with E-state index < -0.39 is 0 Å². The Morgan fingerprint density at radius 2 is 1.73 bits per heavy atom. The first-order chi connectivity index (χ1) is 6.82. The van der Waals surface area contributed by atoms with Gasteiger partial charge in [0.25, 0.3) is 0 Å². The van der Waals surface area contributed by atoms with Crippen molar-refractivity contribution in [3.63, 3.8) is 0 Å². The summed E-state index contributed by atoms with van der Waals surface area (Å²) in [5.41, 5.74) is 0.326. The molecule has 3 heteroatoms. The minimum atomic E-state index is 0.163. The molecule has 0 spiro atoms. The van der Waals surface area contributed by atoms with Crippen molar-refractivity contribution in [3.8, 4) is 0 Å². The highest BCUT2D eigenvalue weighted by Crippen LogP contribution is 2.69. The maximum atomic E-state index is 12.2. The fourth-order valence-corrected chi connectivity index (χ4v) is 3.04. The summed E-state index contributed by atoms with van der Waals surface area (Å²) in [6.07, 6.45) is 0. The number of alkyl halides is 1. The lowest BCUT2D eigenvalue weighted by atomic mass is 10.0. The van der Waals surface area contributed by atoms with E-state index in [0.29, 0.717) is 17.7 Å². The highest BCUT2D eigenvalue weighted by atomic mass is 35.5. The Bertz CT molecular complexity index is 278. The van der Waals surface area contributed by atoms with E-state index in [9.17, 15) is 4.79 Å². The molecule has 1 heterocycles. The Hall–Kier alpha value is -0.240. The van der Waals surface area contributed by atoms with Crippen LogP contribution >= 0.6 is 11.6 Å². The molecule has 86 valence electrons. The molecule has 0 aromatic heterocycles. The lowest BCUT2D eigenvalue weighted by Gasteiger charge is -2.39. The lowest BCUT2D eigenvalue weighted by Crippen LogP contribution is -2.51. The molecule has 0 unspecified atom stereocenters. The van der Waals surface area contributed by atoms with Gasteiger partial charge in [-0.3, -0.25) is 4.79 Å². The predicted molar refractivity (Wildman–Crippen MR) is 61.8 cm³/mol. The lowest BCUT2D eigenvalue weighted by molar-refractivity contribution is -0.139. The second kappa shape index (κ2) is 3.13. The van der Waals surface area contributed by atoms with Gasteiger partial charge >= 0.3 is 0 Å². The second-order valence-corrected chi connectivity index (χ2v) is 6.45. The van der Waals surface area contributed by atoms with E-state index in [1.54, 1.807) is 0 Å². The van der Waals surface area contributed by atoms with Gasteiger partial charge in [0.05, 0.1) is 0 Å². The van der Waals surface area contributed by atoms with Crippen molar-refractivity contribution in [3.05, 3.63) is 0 Å². The molecule has 1 saturated carbocycles. The fourth-order valence-electron chi connectivity index (χ4n) is 2.84. The summed E-state index contributed by atoms with van der Waals surface area (Å²) >= 11 is 5.74. The van der Waals surface area contributed by atoms with Crippen LogP contribution in [0, 0.1) is 22.7 Å². The zero-order valence-corrected chi connectivity index (χ0v) is 10.8. The minimum absolute atomic E-state index is 0.163. The first-order valence-electron chi connectivity index (χ1n) is 5.67. The van der Waals surface area contributed by atoms with Crippen molar-refractivity contribution in [2.45, 2.75) is 27.7 Å². The molecule has 2 fully saturated rings. The van der Waals surface area contributed by atoms with Gasteiger partial charge in [0.2, 0.25) is 5.91 Å². The average Bonchev–Trinajstić information content (AvgIpc) is 2.40. The van der Waals surface area contributed by atoms with Gasteiger partial charge in [-0.25, -0.2) is 0 Å². The third-order valence-electron chi connectivity index (χ3n) is 4.75. The monoisotopic (exact) mass is 229 g/mol. The Labute approximate surface area is 97.0 Å². The normalized spacial score (nSPS) is 28.7. The molecule has 0 atom stereocenters. The molecule has 0 aromatic carbocycles. The molecule has 2 rings (SSSR count). The quantitative estimate of drug-likeness (QED) is 0.666. The van der Waals surface area contributed by atoms with Gasteiger partial charge in [-0.05, 0) is 10.8 Å². The predicted octanol–water partition coefficient (Wildman–Crippen LogP) is 2.37. The molecule has 0 aromatic rings. The van der Waals surface area contributed by atoms with E-state index >= 15 is 0 Å². The van der Waals surface area contributed by atoms with Crippen LogP contribution in [-0.2, 0) is 4.79 Å². The van der Waals surface area contributed by atoms with Gasteiger partial charge < -0.3 is 4.90 Å². The molecule has 0 bridgehead atoms. The van der Waals surface area contributed by atoms with Crippen LogP contribution < -0.4 is 0 Å². The molecule has 2 nitrogen and oxygen atoms in total. The van der Waals surface area contributed by atoms with Crippen molar-refractivity contribution in [2.24, 2.45) is 22.7 Å². The summed E-state index contributed by atoms with van der Waals surface area (Å²) in [5.74, 6) is 1.76. The van der Waals surface area contributed by atoms with Crippen LogP contribution in [0.5, 0.6) is 0 Å². The first kappa shape index (κ1) is 11.3. The topological polar surface area (TPSA) is 20.3 Å². The largest absolute Gasteiger partial charge is 0.342 e. The standard InChI is InChI=1S/C12H20ClNO/c1-11(2)9(12(11,3)4)10(15)14-6-8(5-13)7-14/h8-9H,5-7H2,1-4H3. The summed E-state index contributed by atoms with van der Waals surface area (Å²) in [5, 5.41) is 0. The molecular formula is C12H20ClNO. The summed E-state index contributed by atoms with van der Waals surface area (Å²) in [6, 6.07) is 0. The zero-order chi connectivity index (χ0) is 11.4. The maximum absolute atomic E-state index is 12.2. The van der Waals surface area contributed by atoms with Crippen LogP contribution in [0.15, 0.2) is 0 Å². The van der Waals surface area contributed by atoms with Gasteiger partial charge in [0, 0.05) is 30.8 Å². The van der Waals surface area contributed by atoms with Gasteiger partial charge in [-0.2, -0.15) is 0 Å². The smallest absolute Gasteiger partial charge is 0.226 e. The number of carbonyl (C=O) groups is 1. The number of halogens is 1. The summed E-state index contributed by atoms with van der Waals surface area (Å²) in [4.78, 5) is 14.1. The van der Waals surface area contributed by atoms with Crippen molar-refractivity contribution < 1.29 is 4.79 Å². The fraction of sp³-hybridized carbons (Fsp3) is 0.917. The molecule has 15 heavy (non-hydrogen) atoms. The van der Waals surface area contributed by atoms with E-state index in [4.69, 9.17) is 11.6 Å². The number of nitrogens with zero attached hydrogens (tertiary/aromatic N) is 1. The third kappa shape index (κ3) is 1.41. The molecule has 1 aliphatic carbocycles. The van der Waals surface area contributed by atoms with E-state index in [1.165, 1.54) is 0 Å². The van der Waals surface area contributed by atoms with Crippen molar-refractivity contribution in [1.82, 2.24) is 4.90 Å². The SMILES string of the molecule is CC1(C)C(C(=O)N2CC(CCl)C2)C1(C)C. The van der Waals surface area contributed by atoms with Crippen molar-refractivity contribution in [1.29, 1.82) is 0 Å². The van der Waals surface area contributed by atoms with Crippen LogP contribution in [0.4, 0.5) is 0 Å². The molecule has 2 aliphatic rings. The molecule has 1 amide bonds. The summed E-state index contributed by atoms with van der Waals surface area (Å²) in [7, 11) is 0. The Morgan fingerprint density at radius 3 is 2.07 bits per heavy atom. The van der Waals surface area contributed by atoms with Crippen molar-refractivity contribution in [2.75, 3.05) is 19.0 Å². The molecule has 1 saturated heterocycles. The molecule has 0 radical (unpaired) electrons. The third-order valence-corrected chi connectivity index (χ3v) is 5.19. The Balaban J connectivity index is 1.95. The van der Waals surface area contributed by atoms with Crippen LogP contribution in [0.1, 0.15) is 27.7 Å². The number of amides is 1. The Kier molecular flexibility index (Phi) is 2.35. The van der Waals surface area contributed by atoms with Gasteiger partial charge in [0.15, 0.2) is 0 Å². The number of hydrogen-bond donors (Lipinski definition) is 0. The van der Waals surface area contributed by atoms with Gasteiger partial charge in [-0.1, -0.05) is 27.7 Å². The first-order valence-corrected chi connectivity index (χ1v) is 6.20. The summed E-state index contributed by atoms with van der Waals surface area (Å²) in [6.45, 7) is 10.5. The number of carbonyl (C=O) groups excluding carboxylic acids is 1. The van der Waals surface area contributed by atoms with E-state index in [2.05, 4.69) is 27.7 Å². The van der Waals surface area contributed by atoms with Crippen LogP contribution in [0.25, 0.3) is 0 Å². The average molecular weight is 230 g/mol. The van der Waals surface area contributed by atoms with E-state index in [0.717, 1.165) is 13.1 Å². The number of hydrogen-bond acceptors (Lipinski definition) is 1. The summed E-state index contributed by atoms with van der Waals surface area (Å²) < 4.78 is 0. The maximum Gasteiger partial charge on any atom is 0.226 e. The Morgan fingerprint density at radius 1 is 1.27 bits per heavy atom.